The molecule has 1 atom stereocenters. The summed E-state index contributed by atoms with van der Waals surface area (Å²) in [5.41, 5.74) is 2.08. The lowest BCUT2D eigenvalue weighted by Crippen LogP contribution is -2.31. The van der Waals surface area contributed by atoms with E-state index in [0.29, 0.717) is 12.3 Å². The van der Waals surface area contributed by atoms with Gasteiger partial charge in [0.25, 0.3) is 0 Å². The van der Waals surface area contributed by atoms with Crippen molar-refractivity contribution in [2.75, 3.05) is 6.54 Å². The monoisotopic (exact) mass is 315 g/mol. The van der Waals surface area contributed by atoms with E-state index in [2.05, 4.69) is 23.8 Å². The third-order valence-electron chi connectivity index (χ3n) is 4.06. The molecule has 3 rings (SSSR count). The van der Waals surface area contributed by atoms with Gasteiger partial charge in [0.15, 0.2) is 0 Å². The first-order valence-electron chi connectivity index (χ1n) is 7.79. The highest BCUT2D eigenvalue weighted by molar-refractivity contribution is 7.09. The van der Waals surface area contributed by atoms with E-state index in [1.807, 2.05) is 22.4 Å². The molecule has 0 bridgehead atoms. The average molecular weight is 315 g/mol. The van der Waals surface area contributed by atoms with E-state index >= 15 is 0 Å². The Morgan fingerprint density at radius 3 is 2.86 bits per heavy atom. The molecule has 2 aromatic rings. The van der Waals surface area contributed by atoms with E-state index in [9.17, 15) is 4.79 Å². The van der Waals surface area contributed by atoms with Gasteiger partial charge in [-0.3, -0.25) is 9.78 Å². The molecule has 0 saturated carbocycles. The van der Waals surface area contributed by atoms with Crippen LogP contribution in [0.15, 0.2) is 29.9 Å². The van der Waals surface area contributed by atoms with Crippen LogP contribution in [0.5, 0.6) is 0 Å². The van der Waals surface area contributed by atoms with Crippen molar-refractivity contribution in [1.29, 1.82) is 0 Å². The Kier molecular flexibility index (Phi) is 4.52. The van der Waals surface area contributed by atoms with Crippen molar-refractivity contribution in [3.05, 3.63) is 46.2 Å². The molecule has 0 aromatic carbocycles. The highest BCUT2D eigenvalue weighted by Crippen LogP contribution is 2.32. The van der Waals surface area contributed by atoms with Crippen LogP contribution < -0.4 is 0 Å². The maximum absolute atomic E-state index is 12.7. The Labute approximate surface area is 135 Å². The lowest BCUT2D eigenvalue weighted by atomic mass is 10.1. The summed E-state index contributed by atoms with van der Waals surface area (Å²) < 4.78 is 0. The predicted molar refractivity (Wildman–Crippen MR) is 87.8 cm³/mol. The van der Waals surface area contributed by atoms with Gasteiger partial charge in [0, 0.05) is 30.2 Å². The van der Waals surface area contributed by atoms with Crippen molar-refractivity contribution in [3.8, 4) is 0 Å². The van der Waals surface area contributed by atoms with Crippen LogP contribution in [0.25, 0.3) is 0 Å². The third-order valence-corrected chi connectivity index (χ3v) is 5.25. The number of thiazole rings is 1. The summed E-state index contributed by atoms with van der Waals surface area (Å²) in [6.07, 6.45) is 6.10. The predicted octanol–water partition coefficient (Wildman–Crippen LogP) is 3.57. The number of nitrogens with zero attached hydrogens (tertiary/aromatic N) is 3. The first-order valence-corrected chi connectivity index (χ1v) is 8.67. The number of rotatable bonds is 4. The first-order chi connectivity index (χ1) is 10.6. The summed E-state index contributed by atoms with van der Waals surface area (Å²) >= 11 is 1.65. The minimum absolute atomic E-state index is 0.180. The van der Waals surface area contributed by atoms with E-state index in [1.165, 1.54) is 5.56 Å². The van der Waals surface area contributed by atoms with E-state index in [1.54, 1.807) is 23.7 Å². The zero-order valence-electron chi connectivity index (χ0n) is 13.0. The van der Waals surface area contributed by atoms with Gasteiger partial charge in [0.05, 0.1) is 23.2 Å². The van der Waals surface area contributed by atoms with Crippen LogP contribution in [0, 0.1) is 0 Å². The van der Waals surface area contributed by atoms with E-state index in [-0.39, 0.29) is 11.9 Å². The molecule has 116 valence electrons. The number of aromatic nitrogens is 2. The second kappa shape index (κ2) is 6.57. The second-order valence-corrected chi connectivity index (χ2v) is 6.92. The Balaban J connectivity index is 1.70. The molecule has 1 aliphatic heterocycles. The van der Waals surface area contributed by atoms with Crippen LogP contribution in [0.2, 0.25) is 0 Å². The lowest BCUT2D eigenvalue weighted by molar-refractivity contribution is -0.131. The topological polar surface area (TPSA) is 46.1 Å². The molecule has 0 radical (unpaired) electrons. The summed E-state index contributed by atoms with van der Waals surface area (Å²) in [6.45, 7) is 5.10. The number of hydrogen-bond acceptors (Lipinski definition) is 4. The SMILES string of the molecule is CC(C)c1nc(CC(=O)N2CCC[C@@H]2c2ccncc2)cs1. The molecule has 1 amide bonds. The van der Waals surface area contributed by atoms with Crippen LogP contribution >= 0.6 is 11.3 Å². The molecule has 3 heterocycles. The maximum Gasteiger partial charge on any atom is 0.229 e. The molecule has 1 fully saturated rings. The molecule has 0 N–H and O–H groups in total. The second-order valence-electron chi connectivity index (χ2n) is 6.03. The van der Waals surface area contributed by atoms with Gasteiger partial charge in [-0.25, -0.2) is 4.98 Å². The van der Waals surface area contributed by atoms with E-state index < -0.39 is 0 Å². The molecule has 1 aliphatic rings. The number of carbonyl (C=O) groups is 1. The average Bonchev–Trinajstić information content (AvgIpc) is 3.17. The Bertz CT molecular complexity index is 638. The summed E-state index contributed by atoms with van der Waals surface area (Å²) in [5.74, 6) is 0.602. The van der Waals surface area contributed by atoms with E-state index in [0.717, 1.165) is 30.1 Å². The number of pyridine rings is 1. The molecular formula is C17H21N3OS. The largest absolute Gasteiger partial charge is 0.335 e. The van der Waals surface area contributed by atoms with Gasteiger partial charge in [-0.15, -0.1) is 11.3 Å². The number of likely N-dealkylation sites (tertiary alicyclic amines) is 1. The van der Waals surface area contributed by atoms with Crippen molar-refractivity contribution in [2.45, 2.75) is 45.1 Å². The molecule has 1 saturated heterocycles. The minimum atomic E-state index is 0.180. The zero-order chi connectivity index (χ0) is 15.5. The molecule has 0 spiro atoms. The Morgan fingerprint density at radius 2 is 2.18 bits per heavy atom. The fourth-order valence-electron chi connectivity index (χ4n) is 2.92. The van der Waals surface area contributed by atoms with Crippen molar-refractivity contribution in [2.24, 2.45) is 0 Å². The lowest BCUT2D eigenvalue weighted by Gasteiger charge is -2.24. The van der Waals surface area contributed by atoms with Gasteiger partial charge in [0.1, 0.15) is 0 Å². The van der Waals surface area contributed by atoms with Gasteiger partial charge in [-0.1, -0.05) is 13.8 Å². The van der Waals surface area contributed by atoms with Crippen LogP contribution in [-0.2, 0) is 11.2 Å². The quantitative estimate of drug-likeness (QED) is 0.866. The van der Waals surface area contributed by atoms with Crippen molar-refractivity contribution in [1.82, 2.24) is 14.9 Å². The highest BCUT2D eigenvalue weighted by atomic mass is 32.1. The zero-order valence-corrected chi connectivity index (χ0v) is 13.8. The molecule has 22 heavy (non-hydrogen) atoms. The van der Waals surface area contributed by atoms with Crippen LogP contribution in [-0.4, -0.2) is 27.3 Å². The molecule has 2 aromatic heterocycles. The molecule has 5 heteroatoms. The number of carbonyl (C=O) groups excluding carboxylic acids is 1. The first kappa shape index (κ1) is 15.2. The van der Waals surface area contributed by atoms with Crippen LogP contribution in [0.1, 0.15) is 54.9 Å². The molecule has 0 aliphatic carbocycles. The Hall–Kier alpha value is -1.75. The van der Waals surface area contributed by atoms with Crippen molar-refractivity contribution < 1.29 is 4.79 Å². The van der Waals surface area contributed by atoms with Crippen molar-refractivity contribution >= 4 is 17.2 Å². The van der Waals surface area contributed by atoms with E-state index in [4.69, 9.17) is 0 Å². The smallest absolute Gasteiger partial charge is 0.229 e. The number of amides is 1. The Morgan fingerprint density at radius 1 is 1.41 bits per heavy atom. The summed E-state index contributed by atoms with van der Waals surface area (Å²) in [5, 5.41) is 3.12. The van der Waals surface area contributed by atoms with Gasteiger partial charge in [-0.05, 0) is 30.5 Å². The molecule has 4 nitrogen and oxygen atoms in total. The van der Waals surface area contributed by atoms with Crippen LogP contribution in [0.4, 0.5) is 0 Å². The minimum Gasteiger partial charge on any atom is -0.335 e. The van der Waals surface area contributed by atoms with Gasteiger partial charge in [-0.2, -0.15) is 0 Å². The van der Waals surface area contributed by atoms with Crippen molar-refractivity contribution in [3.63, 3.8) is 0 Å². The normalized spacial score (nSPS) is 18.1. The summed E-state index contributed by atoms with van der Waals surface area (Å²) in [4.78, 5) is 23.3. The fourth-order valence-corrected chi connectivity index (χ4v) is 3.76. The van der Waals surface area contributed by atoms with Gasteiger partial charge < -0.3 is 4.90 Å². The number of hydrogen-bond donors (Lipinski definition) is 0. The maximum atomic E-state index is 12.7. The van der Waals surface area contributed by atoms with Gasteiger partial charge in [0.2, 0.25) is 5.91 Å². The molecular weight excluding hydrogens is 294 g/mol. The third kappa shape index (κ3) is 3.19. The highest BCUT2D eigenvalue weighted by Gasteiger charge is 2.30. The standard InChI is InChI=1S/C17H21N3OS/c1-12(2)17-19-14(11-22-17)10-16(21)20-9-3-4-15(20)13-5-7-18-8-6-13/h5-8,11-12,15H,3-4,9-10H2,1-2H3/t15-/m1/s1. The summed E-state index contributed by atoms with van der Waals surface area (Å²) in [6, 6.07) is 4.21. The fraction of sp³-hybridized carbons (Fsp3) is 0.471. The van der Waals surface area contributed by atoms with Gasteiger partial charge >= 0.3 is 0 Å². The summed E-state index contributed by atoms with van der Waals surface area (Å²) in [7, 11) is 0. The molecule has 0 unspecified atom stereocenters. The van der Waals surface area contributed by atoms with Crippen LogP contribution in [0.3, 0.4) is 0 Å².